The lowest BCUT2D eigenvalue weighted by Gasteiger charge is -2.21. The van der Waals surface area contributed by atoms with Crippen LogP contribution in [0, 0.1) is 13.8 Å². The number of aryl methyl sites for hydroxylation is 3. The molecule has 0 aliphatic carbocycles. The summed E-state index contributed by atoms with van der Waals surface area (Å²) in [6.45, 7) is 6.76. The molecule has 3 rings (SSSR count). The van der Waals surface area contributed by atoms with Gasteiger partial charge in [0, 0.05) is 25.1 Å². The minimum atomic E-state index is -0.00962. The molecule has 1 aliphatic rings. The minimum Gasteiger partial charge on any atom is -0.339 e. The van der Waals surface area contributed by atoms with Crippen molar-refractivity contribution >= 4 is 11.6 Å². The lowest BCUT2D eigenvalue weighted by atomic mass is 10.1. The lowest BCUT2D eigenvalue weighted by molar-refractivity contribution is -0.117. The van der Waals surface area contributed by atoms with E-state index in [1.54, 1.807) is 0 Å². The highest BCUT2D eigenvalue weighted by atomic mass is 16.5. The van der Waals surface area contributed by atoms with E-state index >= 15 is 0 Å². The van der Waals surface area contributed by atoms with Gasteiger partial charge in [0.1, 0.15) is 0 Å². The van der Waals surface area contributed by atoms with E-state index in [2.05, 4.69) is 17.1 Å². The van der Waals surface area contributed by atoms with Crippen LogP contribution in [-0.4, -0.2) is 22.6 Å². The molecule has 1 aromatic carbocycles. The van der Waals surface area contributed by atoms with Gasteiger partial charge < -0.3 is 9.42 Å². The maximum atomic E-state index is 12.4. The van der Waals surface area contributed by atoms with Crippen LogP contribution in [0.4, 0.5) is 5.69 Å². The number of rotatable bonds is 4. The first-order chi connectivity index (χ1) is 10.6. The number of para-hydroxylation sites is 1. The first kappa shape index (κ1) is 14.8. The molecule has 1 amide bonds. The zero-order valence-electron chi connectivity index (χ0n) is 13.3. The van der Waals surface area contributed by atoms with E-state index in [-0.39, 0.29) is 11.8 Å². The van der Waals surface area contributed by atoms with Gasteiger partial charge >= 0.3 is 0 Å². The number of nitrogens with zero attached hydrogens (tertiary/aromatic N) is 3. The average molecular weight is 299 g/mol. The Morgan fingerprint density at radius 1 is 1.32 bits per heavy atom. The molecule has 1 atom stereocenters. The summed E-state index contributed by atoms with van der Waals surface area (Å²) >= 11 is 0. The van der Waals surface area contributed by atoms with E-state index in [1.807, 2.05) is 36.9 Å². The Labute approximate surface area is 130 Å². The van der Waals surface area contributed by atoms with Crippen molar-refractivity contribution in [2.75, 3.05) is 11.4 Å². The first-order valence-electron chi connectivity index (χ1n) is 7.79. The van der Waals surface area contributed by atoms with Crippen LogP contribution in [0.2, 0.25) is 0 Å². The first-order valence-corrected chi connectivity index (χ1v) is 7.79. The fraction of sp³-hybridized carbons (Fsp3) is 0.471. The molecule has 116 valence electrons. The van der Waals surface area contributed by atoms with E-state index in [1.165, 1.54) is 0 Å². The molecular weight excluding hydrogens is 278 g/mol. The third-order valence-corrected chi connectivity index (χ3v) is 4.14. The van der Waals surface area contributed by atoms with Crippen molar-refractivity contribution in [1.82, 2.24) is 10.1 Å². The standard InChI is InChI=1S/C17H21N3O2/c1-4-6-14-18-17(22-19-14)13-9-15(21)20(10-13)16-11(2)7-5-8-12(16)3/h5,7-8,13H,4,6,9-10H2,1-3H3. The zero-order valence-corrected chi connectivity index (χ0v) is 13.3. The Hall–Kier alpha value is -2.17. The van der Waals surface area contributed by atoms with Crippen LogP contribution >= 0.6 is 0 Å². The van der Waals surface area contributed by atoms with E-state index in [9.17, 15) is 4.79 Å². The zero-order chi connectivity index (χ0) is 15.7. The van der Waals surface area contributed by atoms with Gasteiger partial charge in [0.15, 0.2) is 5.82 Å². The number of carbonyl (C=O) groups is 1. The fourth-order valence-corrected chi connectivity index (χ4v) is 3.08. The molecule has 0 saturated carbocycles. The van der Waals surface area contributed by atoms with Gasteiger partial charge in [-0.2, -0.15) is 4.98 Å². The van der Waals surface area contributed by atoms with Gasteiger partial charge in [-0.05, 0) is 31.4 Å². The number of carbonyl (C=O) groups excluding carboxylic acids is 1. The highest BCUT2D eigenvalue weighted by molar-refractivity contribution is 5.97. The molecule has 2 heterocycles. The van der Waals surface area contributed by atoms with Crippen molar-refractivity contribution < 1.29 is 9.32 Å². The Bertz CT molecular complexity index is 673. The van der Waals surface area contributed by atoms with Crippen LogP contribution in [-0.2, 0) is 11.2 Å². The molecule has 0 N–H and O–H groups in total. The molecule has 22 heavy (non-hydrogen) atoms. The van der Waals surface area contributed by atoms with Crippen LogP contribution in [0.3, 0.4) is 0 Å². The maximum absolute atomic E-state index is 12.4. The van der Waals surface area contributed by atoms with Crippen molar-refractivity contribution in [3.8, 4) is 0 Å². The summed E-state index contributed by atoms with van der Waals surface area (Å²) in [5, 5.41) is 3.99. The highest BCUT2D eigenvalue weighted by Gasteiger charge is 2.36. The van der Waals surface area contributed by atoms with Crippen LogP contribution in [0.15, 0.2) is 22.7 Å². The molecule has 0 radical (unpaired) electrons. The molecule has 1 aliphatic heterocycles. The summed E-state index contributed by atoms with van der Waals surface area (Å²) in [6, 6.07) is 6.09. The molecule has 0 bridgehead atoms. The summed E-state index contributed by atoms with van der Waals surface area (Å²) in [6.07, 6.45) is 2.23. The molecule has 5 nitrogen and oxygen atoms in total. The highest BCUT2D eigenvalue weighted by Crippen LogP contribution is 2.34. The van der Waals surface area contributed by atoms with E-state index in [4.69, 9.17) is 4.52 Å². The molecule has 2 aromatic rings. The van der Waals surface area contributed by atoms with Gasteiger partial charge in [0.25, 0.3) is 0 Å². The number of hydrogen-bond donors (Lipinski definition) is 0. The maximum Gasteiger partial charge on any atom is 0.232 e. The molecule has 0 spiro atoms. The molecule has 1 unspecified atom stereocenters. The smallest absolute Gasteiger partial charge is 0.232 e. The van der Waals surface area contributed by atoms with Crippen LogP contribution in [0.5, 0.6) is 0 Å². The second-order valence-corrected chi connectivity index (χ2v) is 5.94. The monoisotopic (exact) mass is 299 g/mol. The number of aromatic nitrogens is 2. The van der Waals surface area contributed by atoms with E-state index < -0.39 is 0 Å². The predicted molar refractivity (Wildman–Crippen MR) is 83.9 cm³/mol. The number of anilines is 1. The van der Waals surface area contributed by atoms with Gasteiger partial charge in [0.05, 0.1) is 5.92 Å². The Kier molecular flexibility index (Phi) is 3.96. The van der Waals surface area contributed by atoms with Gasteiger partial charge in [0.2, 0.25) is 11.8 Å². The van der Waals surface area contributed by atoms with Crippen molar-refractivity contribution in [3.63, 3.8) is 0 Å². The number of benzene rings is 1. The van der Waals surface area contributed by atoms with E-state index in [0.29, 0.717) is 18.9 Å². The topological polar surface area (TPSA) is 59.2 Å². The normalized spacial score (nSPS) is 18.2. The van der Waals surface area contributed by atoms with Crippen molar-refractivity contribution in [1.29, 1.82) is 0 Å². The van der Waals surface area contributed by atoms with Crippen LogP contribution in [0.25, 0.3) is 0 Å². The van der Waals surface area contributed by atoms with Gasteiger partial charge in [-0.3, -0.25) is 4.79 Å². The quantitative estimate of drug-likeness (QED) is 0.870. The fourth-order valence-electron chi connectivity index (χ4n) is 3.08. The van der Waals surface area contributed by atoms with E-state index in [0.717, 1.165) is 35.5 Å². The summed E-state index contributed by atoms with van der Waals surface area (Å²) in [5.74, 6) is 1.43. The minimum absolute atomic E-state index is 0.00962. The van der Waals surface area contributed by atoms with Crippen LogP contribution in [0.1, 0.15) is 48.5 Å². The third-order valence-electron chi connectivity index (χ3n) is 4.14. The van der Waals surface area contributed by atoms with Gasteiger partial charge in [-0.1, -0.05) is 30.3 Å². The van der Waals surface area contributed by atoms with Gasteiger partial charge in [-0.25, -0.2) is 0 Å². The molecule has 1 saturated heterocycles. The Balaban J connectivity index is 1.83. The van der Waals surface area contributed by atoms with Crippen molar-refractivity contribution in [2.45, 2.75) is 46.0 Å². The Morgan fingerprint density at radius 2 is 2.05 bits per heavy atom. The molecule has 1 aromatic heterocycles. The van der Waals surface area contributed by atoms with Crippen molar-refractivity contribution in [3.05, 3.63) is 41.0 Å². The summed E-state index contributed by atoms with van der Waals surface area (Å²) in [7, 11) is 0. The predicted octanol–water partition coefficient (Wildman–Crippen LogP) is 3.16. The third kappa shape index (κ3) is 2.63. The number of hydrogen-bond acceptors (Lipinski definition) is 4. The second kappa shape index (κ2) is 5.91. The summed E-state index contributed by atoms with van der Waals surface area (Å²) in [4.78, 5) is 18.7. The van der Waals surface area contributed by atoms with Crippen LogP contribution < -0.4 is 4.90 Å². The second-order valence-electron chi connectivity index (χ2n) is 5.94. The molecule has 5 heteroatoms. The molecular formula is C17H21N3O2. The average Bonchev–Trinajstić information content (AvgIpc) is 3.07. The lowest BCUT2D eigenvalue weighted by Crippen LogP contribution is -2.26. The SMILES string of the molecule is CCCc1noc(C2CC(=O)N(c3c(C)cccc3C)C2)n1. The van der Waals surface area contributed by atoms with Gasteiger partial charge in [-0.15, -0.1) is 0 Å². The largest absolute Gasteiger partial charge is 0.339 e. The summed E-state index contributed by atoms with van der Waals surface area (Å²) < 4.78 is 5.35. The Morgan fingerprint density at radius 3 is 2.73 bits per heavy atom. The van der Waals surface area contributed by atoms with Crippen molar-refractivity contribution in [2.24, 2.45) is 0 Å². The summed E-state index contributed by atoms with van der Waals surface area (Å²) in [5.41, 5.74) is 3.25. The number of amides is 1. The molecule has 1 fully saturated rings.